The van der Waals surface area contributed by atoms with E-state index in [9.17, 15) is 9.59 Å². The number of H-pyrrole nitrogens is 1. The van der Waals surface area contributed by atoms with Crippen molar-refractivity contribution in [1.82, 2.24) is 24.7 Å². The number of aryl methyl sites for hydroxylation is 1. The van der Waals surface area contributed by atoms with Gasteiger partial charge in [0.15, 0.2) is 0 Å². The number of carbonyl (C=O) groups excluding carboxylic acids is 1. The van der Waals surface area contributed by atoms with Crippen LogP contribution in [0.1, 0.15) is 46.6 Å². The number of aromatic amines is 1. The van der Waals surface area contributed by atoms with Crippen molar-refractivity contribution >= 4 is 11.4 Å². The highest BCUT2D eigenvalue weighted by Crippen LogP contribution is 2.37. The number of pyridine rings is 1. The summed E-state index contributed by atoms with van der Waals surface area (Å²) in [5.41, 5.74) is 1.60. The van der Waals surface area contributed by atoms with E-state index in [0.29, 0.717) is 5.82 Å². The molecule has 0 aromatic carbocycles. The number of hydrogen-bond acceptors (Lipinski definition) is 4. The van der Waals surface area contributed by atoms with Gasteiger partial charge in [0.1, 0.15) is 17.3 Å². The van der Waals surface area contributed by atoms with Gasteiger partial charge in [-0.15, -0.1) is 0 Å². The van der Waals surface area contributed by atoms with Gasteiger partial charge < -0.3 is 14.7 Å². The molecular weight excluding hydrogens is 306 g/mol. The molecule has 1 saturated carbocycles. The van der Waals surface area contributed by atoms with Crippen molar-refractivity contribution in [3.63, 3.8) is 0 Å². The Morgan fingerprint density at radius 2 is 2.21 bits per heavy atom. The number of hydrogen-bond donors (Lipinski definition) is 2. The Morgan fingerprint density at radius 3 is 3.00 bits per heavy atom. The molecule has 122 valence electrons. The Bertz CT molecular complexity index is 984. The number of rotatable bonds is 4. The number of aromatic nitrogens is 4. The van der Waals surface area contributed by atoms with Crippen LogP contribution < -0.4 is 10.9 Å². The van der Waals surface area contributed by atoms with Gasteiger partial charge in [-0.1, -0.05) is 6.07 Å². The third-order valence-electron chi connectivity index (χ3n) is 4.17. The van der Waals surface area contributed by atoms with Gasteiger partial charge in [-0.2, -0.15) is 0 Å². The number of nitrogens with zero attached hydrogens (tertiary/aromatic N) is 3. The average Bonchev–Trinajstić information content (AvgIpc) is 3.38. The second kappa shape index (κ2) is 5.59. The summed E-state index contributed by atoms with van der Waals surface area (Å²) < 4.78 is 1.97. The molecule has 7 heteroatoms. The minimum Gasteiger partial charge on any atom is -0.345 e. The molecule has 3 heterocycles. The molecule has 0 unspecified atom stereocenters. The highest BCUT2D eigenvalue weighted by atomic mass is 16.2. The van der Waals surface area contributed by atoms with Crippen molar-refractivity contribution in [1.29, 1.82) is 0 Å². The first-order valence-corrected chi connectivity index (χ1v) is 7.94. The minimum absolute atomic E-state index is 0.154. The zero-order valence-electron chi connectivity index (χ0n) is 13.2. The standard InChI is InChI=1S/C17H17N5O2/c1-10-19-13(14-4-2-3-7-22(10)14)9-18-17(24)12-8-15(23)21-16(20-12)11-5-6-11/h2-4,7-8,11H,5-6,9H2,1H3,(H,18,24)(H,20,21,23). The molecular formula is C17H17N5O2. The first kappa shape index (κ1) is 14.6. The van der Waals surface area contributed by atoms with Gasteiger partial charge in [-0.3, -0.25) is 9.59 Å². The summed E-state index contributed by atoms with van der Waals surface area (Å²) in [5, 5.41) is 2.80. The molecule has 24 heavy (non-hydrogen) atoms. The van der Waals surface area contributed by atoms with E-state index >= 15 is 0 Å². The topological polar surface area (TPSA) is 92.1 Å². The fourth-order valence-corrected chi connectivity index (χ4v) is 2.79. The molecule has 0 spiro atoms. The van der Waals surface area contributed by atoms with E-state index < -0.39 is 0 Å². The Balaban J connectivity index is 1.55. The molecule has 3 aromatic heterocycles. The molecule has 1 aliphatic rings. The fourth-order valence-electron chi connectivity index (χ4n) is 2.79. The lowest BCUT2D eigenvalue weighted by Gasteiger charge is -2.05. The van der Waals surface area contributed by atoms with Gasteiger partial charge in [0, 0.05) is 18.2 Å². The summed E-state index contributed by atoms with van der Waals surface area (Å²) in [6.07, 6.45) is 3.95. The normalized spacial score (nSPS) is 14.0. The van der Waals surface area contributed by atoms with Crippen LogP contribution in [0.4, 0.5) is 0 Å². The highest BCUT2D eigenvalue weighted by molar-refractivity contribution is 5.92. The second-order valence-corrected chi connectivity index (χ2v) is 6.03. The van der Waals surface area contributed by atoms with Crippen LogP contribution in [0.2, 0.25) is 0 Å². The molecule has 1 amide bonds. The molecule has 0 bridgehead atoms. The number of nitrogens with one attached hydrogen (secondary N) is 2. The Morgan fingerprint density at radius 1 is 1.38 bits per heavy atom. The predicted octanol–water partition coefficient (Wildman–Crippen LogP) is 1.53. The van der Waals surface area contributed by atoms with E-state index in [1.165, 1.54) is 6.07 Å². The Labute approximate surface area is 137 Å². The van der Waals surface area contributed by atoms with Crippen LogP contribution in [0.5, 0.6) is 0 Å². The molecule has 2 N–H and O–H groups in total. The van der Waals surface area contributed by atoms with Crippen molar-refractivity contribution < 1.29 is 4.79 Å². The van der Waals surface area contributed by atoms with E-state index in [1.807, 2.05) is 35.7 Å². The van der Waals surface area contributed by atoms with Crippen LogP contribution in [0, 0.1) is 6.92 Å². The monoisotopic (exact) mass is 323 g/mol. The lowest BCUT2D eigenvalue weighted by Crippen LogP contribution is -2.26. The lowest BCUT2D eigenvalue weighted by atomic mass is 10.3. The van der Waals surface area contributed by atoms with Crippen molar-refractivity contribution in [2.24, 2.45) is 0 Å². The molecule has 0 radical (unpaired) electrons. The van der Waals surface area contributed by atoms with E-state index in [2.05, 4.69) is 20.3 Å². The smallest absolute Gasteiger partial charge is 0.270 e. The molecule has 0 aliphatic heterocycles. The van der Waals surface area contributed by atoms with E-state index in [1.54, 1.807) is 0 Å². The minimum atomic E-state index is -0.363. The van der Waals surface area contributed by atoms with Crippen LogP contribution in [0.25, 0.3) is 5.52 Å². The van der Waals surface area contributed by atoms with Gasteiger partial charge in [-0.05, 0) is 31.9 Å². The maximum Gasteiger partial charge on any atom is 0.270 e. The maximum absolute atomic E-state index is 12.3. The van der Waals surface area contributed by atoms with E-state index in [-0.39, 0.29) is 29.6 Å². The van der Waals surface area contributed by atoms with Crippen LogP contribution in [0.3, 0.4) is 0 Å². The van der Waals surface area contributed by atoms with Crippen molar-refractivity contribution in [2.45, 2.75) is 32.2 Å². The molecule has 4 rings (SSSR count). The van der Waals surface area contributed by atoms with Gasteiger partial charge >= 0.3 is 0 Å². The van der Waals surface area contributed by atoms with Crippen molar-refractivity contribution in [3.05, 3.63) is 63.9 Å². The third kappa shape index (κ3) is 2.68. The van der Waals surface area contributed by atoms with Crippen molar-refractivity contribution in [2.75, 3.05) is 0 Å². The van der Waals surface area contributed by atoms with Crippen LogP contribution in [-0.2, 0) is 6.54 Å². The SMILES string of the molecule is Cc1nc(CNC(=O)c2cc(=O)[nH]c(C3CC3)n2)c2ccccn12. The van der Waals surface area contributed by atoms with Gasteiger partial charge in [-0.25, -0.2) is 9.97 Å². The first-order valence-electron chi connectivity index (χ1n) is 7.94. The highest BCUT2D eigenvalue weighted by Gasteiger charge is 2.27. The molecule has 7 nitrogen and oxygen atoms in total. The summed E-state index contributed by atoms with van der Waals surface area (Å²) in [7, 11) is 0. The zero-order chi connectivity index (χ0) is 16.7. The number of carbonyl (C=O) groups is 1. The molecule has 1 fully saturated rings. The molecule has 0 atom stereocenters. The van der Waals surface area contributed by atoms with Crippen LogP contribution in [-0.4, -0.2) is 25.3 Å². The summed E-state index contributed by atoms with van der Waals surface area (Å²) in [5.74, 6) is 1.39. The summed E-state index contributed by atoms with van der Waals surface area (Å²) >= 11 is 0. The maximum atomic E-state index is 12.3. The Hall–Kier alpha value is -2.96. The fraction of sp³-hybridized carbons (Fsp3) is 0.294. The van der Waals surface area contributed by atoms with Gasteiger partial charge in [0.05, 0.1) is 17.8 Å². The van der Waals surface area contributed by atoms with E-state index in [4.69, 9.17) is 0 Å². The lowest BCUT2D eigenvalue weighted by molar-refractivity contribution is 0.0945. The zero-order valence-corrected chi connectivity index (χ0v) is 13.2. The largest absolute Gasteiger partial charge is 0.345 e. The van der Waals surface area contributed by atoms with Gasteiger partial charge in [0.25, 0.3) is 11.5 Å². The van der Waals surface area contributed by atoms with Crippen LogP contribution in [0.15, 0.2) is 35.3 Å². The number of imidazole rings is 1. The number of amides is 1. The summed E-state index contributed by atoms with van der Waals surface area (Å²) in [4.78, 5) is 35.5. The Kier molecular flexibility index (Phi) is 3.41. The first-order chi connectivity index (χ1) is 11.6. The quantitative estimate of drug-likeness (QED) is 0.761. The van der Waals surface area contributed by atoms with Crippen LogP contribution >= 0.6 is 0 Å². The summed E-state index contributed by atoms with van der Waals surface area (Å²) in [6, 6.07) is 7.06. The molecule has 0 saturated heterocycles. The number of fused-ring (bicyclic) bond motifs is 1. The third-order valence-corrected chi connectivity index (χ3v) is 4.17. The average molecular weight is 323 g/mol. The second-order valence-electron chi connectivity index (χ2n) is 6.03. The summed E-state index contributed by atoms with van der Waals surface area (Å²) in [6.45, 7) is 2.20. The van der Waals surface area contributed by atoms with Gasteiger partial charge in [0.2, 0.25) is 0 Å². The van der Waals surface area contributed by atoms with E-state index in [0.717, 1.165) is 29.9 Å². The molecule has 3 aromatic rings. The predicted molar refractivity (Wildman–Crippen MR) is 87.9 cm³/mol. The van der Waals surface area contributed by atoms with Crippen molar-refractivity contribution in [3.8, 4) is 0 Å². The molecule has 1 aliphatic carbocycles.